The van der Waals surface area contributed by atoms with Crippen LogP contribution in [0.25, 0.3) is 0 Å². The number of hydrogen-bond acceptors (Lipinski definition) is 3. The third-order valence-electron chi connectivity index (χ3n) is 4.90. The molecular weight excluding hydrogens is 316 g/mol. The summed E-state index contributed by atoms with van der Waals surface area (Å²) < 4.78 is 0. The molecule has 3 amide bonds. The van der Waals surface area contributed by atoms with Crippen molar-refractivity contribution in [2.75, 3.05) is 44.4 Å². The van der Waals surface area contributed by atoms with E-state index in [2.05, 4.69) is 29.6 Å². The lowest BCUT2D eigenvalue weighted by molar-refractivity contribution is -0.116. The third kappa shape index (κ3) is 5.46. The molecule has 25 heavy (non-hydrogen) atoms. The lowest BCUT2D eigenvalue weighted by Crippen LogP contribution is -2.43. The van der Waals surface area contributed by atoms with E-state index in [1.807, 2.05) is 18.2 Å². The van der Waals surface area contributed by atoms with E-state index in [1.54, 1.807) is 18.0 Å². The summed E-state index contributed by atoms with van der Waals surface area (Å²) in [6, 6.07) is 7.09. The van der Waals surface area contributed by atoms with Crippen LogP contribution in [0.1, 0.15) is 32.6 Å². The molecule has 0 aliphatic heterocycles. The average molecular weight is 346 g/mol. The van der Waals surface area contributed by atoms with Crippen LogP contribution in [-0.2, 0) is 4.79 Å². The molecule has 6 heteroatoms. The van der Waals surface area contributed by atoms with Gasteiger partial charge in [-0.25, -0.2) is 4.79 Å². The first-order valence-corrected chi connectivity index (χ1v) is 8.85. The van der Waals surface area contributed by atoms with E-state index < -0.39 is 0 Å². The smallest absolute Gasteiger partial charge is 0.319 e. The van der Waals surface area contributed by atoms with Gasteiger partial charge in [0.1, 0.15) is 0 Å². The highest BCUT2D eigenvalue weighted by atomic mass is 16.2. The fourth-order valence-electron chi connectivity index (χ4n) is 3.60. The minimum absolute atomic E-state index is 0.0477. The Kier molecular flexibility index (Phi) is 6.42. The van der Waals surface area contributed by atoms with Crippen molar-refractivity contribution in [2.45, 2.75) is 32.6 Å². The van der Waals surface area contributed by atoms with Crippen molar-refractivity contribution >= 4 is 23.3 Å². The molecule has 1 aliphatic carbocycles. The fraction of sp³-hybridized carbons (Fsp3) is 0.579. The molecule has 138 valence electrons. The van der Waals surface area contributed by atoms with E-state index in [9.17, 15) is 9.59 Å². The second kappa shape index (κ2) is 8.34. The van der Waals surface area contributed by atoms with Gasteiger partial charge in [-0.1, -0.05) is 18.9 Å². The maximum absolute atomic E-state index is 12.3. The van der Waals surface area contributed by atoms with Gasteiger partial charge in [0.05, 0.1) is 0 Å². The SMILES string of the molecule is CC(=O)N(C)c1cccc(NC(=O)NCC2(CN(C)C)CCCC2)c1. The normalized spacial score (nSPS) is 15.9. The van der Waals surface area contributed by atoms with Crippen LogP contribution in [0.3, 0.4) is 0 Å². The van der Waals surface area contributed by atoms with E-state index in [0.29, 0.717) is 12.2 Å². The van der Waals surface area contributed by atoms with Gasteiger partial charge in [-0.05, 0) is 45.1 Å². The van der Waals surface area contributed by atoms with Crippen molar-refractivity contribution in [2.24, 2.45) is 5.41 Å². The molecule has 0 unspecified atom stereocenters. The van der Waals surface area contributed by atoms with Gasteiger partial charge < -0.3 is 20.4 Å². The summed E-state index contributed by atoms with van der Waals surface area (Å²) in [7, 11) is 5.88. The molecule has 1 fully saturated rings. The molecule has 1 aromatic rings. The van der Waals surface area contributed by atoms with Gasteiger partial charge in [0.15, 0.2) is 0 Å². The highest BCUT2D eigenvalue weighted by molar-refractivity contribution is 5.93. The van der Waals surface area contributed by atoms with Crippen molar-refractivity contribution in [1.82, 2.24) is 10.2 Å². The zero-order valence-electron chi connectivity index (χ0n) is 15.8. The first-order chi connectivity index (χ1) is 11.8. The predicted octanol–water partition coefficient (Wildman–Crippen LogP) is 2.91. The van der Waals surface area contributed by atoms with Crippen molar-refractivity contribution in [3.05, 3.63) is 24.3 Å². The largest absolute Gasteiger partial charge is 0.337 e. The Hall–Kier alpha value is -2.08. The highest BCUT2D eigenvalue weighted by Gasteiger charge is 2.34. The number of urea groups is 1. The Morgan fingerprint density at radius 1 is 1.16 bits per heavy atom. The summed E-state index contributed by atoms with van der Waals surface area (Å²) in [5.41, 5.74) is 1.61. The molecule has 1 saturated carbocycles. The summed E-state index contributed by atoms with van der Waals surface area (Å²) in [4.78, 5) is 27.5. The predicted molar refractivity (Wildman–Crippen MR) is 102 cm³/mol. The average Bonchev–Trinajstić information content (AvgIpc) is 3.00. The van der Waals surface area contributed by atoms with E-state index in [4.69, 9.17) is 0 Å². The van der Waals surface area contributed by atoms with Crippen molar-refractivity contribution in [3.8, 4) is 0 Å². The monoisotopic (exact) mass is 346 g/mol. The van der Waals surface area contributed by atoms with Gasteiger partial charge in [0.25, 0.3) is 0 Å². The summed E-state index contributed by atoms with van der Waals surface area (Å²) >= 11 is 0. The Morgan fingerprint density at radius 3 is 2.44 bits per heavy atom. The van der Waals surface area contributed by atoms with Crippen LogP contribution < -0.4 is 15.5 Å². The second-order valence-corrected chi connectivity index (χ2v) is 7.38. The zero-order valence-corrected chi connectivity index (χ0v) is 15.8. The molecule has 1 aromatic carbocycles. The molecule has 1 aliphatic rings. The molecular formula is C19H30N4O2. The summed E-state index contributed by atoms with van der Waals surface area (Å²) in [6.07, 6.45) is 4.78. The van der Waals surface area contributed by atoms with Crippen LogP contribution in [0.15, 0.2) is 24.3 Å². The van der Waals surface area contributed by atoms with E-state index in [1.165, 1.54) is 19.8 Å². The lowest BCUT2D eigenvalue weighted by atomic mass is 9.85. The fourth-order valence-corrected chi connectivity index (χ4v) is 3.60. The maximum Gasteiger partial charge on any atom is 0.319 e. The minimum atomic E-state index is -0.201. The number of nitrogens with zero attached hydrogens (tertiary/aromatic N) is 2. The van der Waals surface area contributed by atoms with Crippen LogP contribution >= 0.6 is 0 Å². The molecule has 6 nitrogen and oxygen atoms in total. The van der Waals surface area contributed by atoms with E-state index in [-0.39, 0.29) is 17.4 Å². The maximum atomic E-state index is 12.3. The summed E-state index contributed by atoms with van der Waals surface area (Å²) in [6.45, 7) is 3.19. The molecule has 0 saturated heterocycles. The standard InChI is InChI=1S/C19H30N4O2/c1-15(24)23(4)17-9-7-8-16(12-17)21-18(25)20-13-19(14-22(2)3)10-5-6-11-19/h7-9,12H,5-6,10-11,13-14H2,1-4H3,(H2,20,21,25). The zero-order chi connectivity index (χ0) is 18.4. The van der Waals surface area contributed by atoms with Gasteiger partial charge >= 0.3 is 6.03 Å². The van der Waals surface area contributed by atoms with Crippen LogP contribution in [0.5, 0.6) is 0 Å². The molecule has 0 bridgehead atoms. The Morgan fingerprint density at radius 2 is 1.84 bits per heavy atom. The first-order valence-electron chi connectivity index (χ1n) is 8.85. The Labute approximate surface area is 150 Å². The number of nitrogens with one attached hydrogen (secondary N) is 2. The van der Waals surface area contributed by atoms with Gasteiger partial charge in [0, 0.05) is 43.9 Å². The van der Waals surface area contributed by atoms with E-state index >= 15 is 0 Å². The number of carbonyl (C=O) groups excluding carboxylic acids is 2. The second-order valence-electron chi connectivity index (χ2n) is 7.38. The van der Waals surface area contributed by atoms with E-state index in [0.717, 1.165) is 25.1 Å². The van der Waals surface area contributed by atoms with Crippen LogP contribution in [0, 0.1) is 5.41 Å². The van der Waals surface area contributed by atoms with Crippen molar-refractivity contribution < 1.29 is 9.59 Å². The third-order valence-corrected chi connectivity index (χ3v) is 4.90. The highest BCUT2D eigenvalue weighted by Crippen LogP contribution is 2.37. The molecule has 2 N–H and O–H groups in total. The van der Waals surface area contributed by atoms with Crippen molar-refractivity contribution in [1.29, 1.82) is 0 Å². The number of carbonyl (C=O) groups is 2. The van der Waals surface area contributed by atoms with Gasteiger partial charge in [0.2, 0.25) is 5.91 Å². The van der Waals surface area contributed by atoms with Crippen LogP contribution in [0.2, 0.25) is 0 Å². The lowest BCUT2D eigenvalue weighted by Gasteiger charge is -2.32. The Bertz CT molecular complexity index is 609. The van der Waals surface area contributed by atoms with Crippen LogP contribution in [-0.4, -0.2) is 51.1 Å². The molecule has 2 rings (SSSR count). The minimum Gasteiger partial charge on any atom is -0.337 e. The van der Waals surface area contributed by atoms with Crippen molar-refractivity contribution in [3.63, 3.8) is 0 Å². The number of rotatable bonds is 6. The first kappa shape index (κ1) is 19.2. The summed E-state index contributed by atoms with van der Waals surface area (Å²) in [5, 5.41) is 5.90. The molecule has 0 heterocycles. The quantitative estimate of drug-likeness (QED) is 0.832. The van der Waals surface area contributed by atoms with Gasteiger partial charge in [-0.3, -0.25) is 4.79 Å². The number of anilines is 2. The van der Waals surface area contributed by atoms with Gasteiger partial charge in [-0.2, -0.15) is 0 Å². The molecule has 0 radical (unpaired) electrons. The Balaban J connectivity index is 1.94. The number of amides is 3. The number of hydrogen-bond donors (Lipinski definition) is 2. The van der Waals surface area contributed by atoms with Crippen LogP contribution in [0.4, 0.5) is 16.2 Å². The van der Waals surface area contributed by atoms with Gasteiger partial charge in [-0.15, -0.1) is 0 Å². The summed E-state index contributed by atoms with van der Waals surface area (Å²) in [5.74, 6) is -0.0477. The molecule has 0 atom stereocenters. The number of benzene rings is 1. The molecule has 0 aromatic heterocycles. The topological polar surface area (TPSA) is 64.7 Å². The molecule has 0 spiro atoms.